The maximum Gasteiger partial charge on any atom is 0.573 e. The van der Waals surface area contributed by atoms with E-state index in [0.717, 1.165) is 24.3 Å². The van der Waals surface area contributed by atoms with Gasteiger partial charge in [-0.25, -0.2) is 8.42 Å². The monoisotopic (exact) mass is 402 g/mol. The lowest BCUT2D eigenvalue weighted by atomic mass is 10.1. The third kappa shape index (κ3) is 6.17. The number of ether oxygens (including phenoxy) is 1. The minimum atomic E-state index is -4.85. The minimum Gasteiger partial charge on any atom is -0.406 e. The SMILES string of the molecule is CN(C)C(=O)Cc1ccc(NS(=O)(=O)c2ccc(OC(F)(F)F)cc2)cc1. The molecule has 0 unspecified atom stereocenters. The van der Waals surface area contributed by atoms with Crippen molar-refractivity contribution in [3.05, 3.63) is 54.1 Å². The lowest BCUT2D eigenvalue weighted by molar-refractivity contribution is -0.274. The van der Waals surface area contributed by atoms with Crippen molar-refractivity contribution in [2.45, 2.75) is 17.7 Å². The number of alkyl halides is 3. The first-order valence-corrected chi connectivity index (χ1v) is 9.12. The number of anilines is 1. The van der Waals surface area contributed by atoms with Crippen LogP contribution in [0.15, 0.2) is 53.4 Å². The Bertz CT molecular complexity index is 893. The third-order valence-corrected chi connectivity index (χ3v) is 4.83. The van der Waals surface area contributed by atoms with Gasteiger partial charge in [0.05, 0.1) is 11.3 Å². The molecule has 146 valence electrons. The normalized spacial score (nSPS) is 11.7. The molecule has 0 aromatic heterocycles. The van der Waals surface area contributed by atoms with Gasteiger partial charge in [0.15, 0.2) is 0 Å². The van der Waals surface area contributed by atoms with Gasteiger partial charge in [0.2, 0.25) is 5.91 Å². The molecule has 0 spiro atoms. The van der Waals surface area contributed by atoms with E-state index in [1.54, 1.807) is 26.2 Å². The van der Waals surface area contributed by atoms with E-state index in [1.165, 1.54) is 17.0 Å². The summed E-state index contributed by atoms with van der Waals surface area (Å²) >= 11 is 0. The first kappa shape index (κ1) is 20.6. The molecule has 0 heterocycles. The topological polar surface area (TPSA) is 75.7 Å². The summed E-state index contributed by atoms with van der Waals surface area (Å²) in [6, 6.07) is 10.1. The number of likely N-dealkylation sites (N-methyl/N-ethyl adjacent to an activating group) is 1. The molecule has 2 aromatic rings. The predicted octanol–water partition coefficient (Wildman–Crippen LogP) is 3.02. The molecule has 0 bridgehead atoms. The molecule has 0 aliphatic heterocycles. The van der Waals surface area contributed by atoms with Crippen molar-refractivity contribution in [1.29, 1.82) is 0 Å². The van der Waals surface area contributed by atoms with Crippen LogP contribution in [0.2, 0.25) is 0 Å². The van der Waals surface area contributed by atoms with Crippen LogP contribution >= 0.6 is 0 Å². The standard InChI is InChI=1S/C17H17F3N2O4S/c1-22(2)16(23)11-12-3-5-13(6-4-12)21-27(24,25)15-9-7-14(8-10-15)26-17(18,19)20/h3-10,21H,11H2,1-2H3. The summed E-state index contributed by atoms with van der Waals surface area (Å²) in [5, 5.41) is 0. The van der Waals surface area contributed by atoms with Gasteiger partial charge in [-0.3, -0.25) is 9.52 Å². The number of nitrogens with one attached hydrogen (secondary N) is 1. The van der Waals surface area contributed by atoms with Gasteiger partial charge < -0.3 is 9.64 Å². The highest BCUT2D eigenvalue weighted by Gasteiger charge is 2.31. The van der Waals surface area contributed by atoms with Gasteiger partial charge in [0, 0.05) is 19.8 Å². The molecular weight excluding hydrogens is 385 g/mol. The van der Waals surface area contributed by atoms with Crippen LogP contribution in [-0.4, -0.2) is 39.7 Å². The first-order valence-electron chi connectivity index (χ1n) is 7.64. The number of carbonyl (C=O) groups is 1. The molecule has 0 aliphatic rings. The largest absolute Gasteiger partial charge is 0.573 e. The van der Waals surface area contributed by atoms with Crippen molar-refractivity contribution in [1.82, 2.24) is 4.90 Å². The van der Waals surface area contributed by atoms with E-state index < -0.39 is 22.1 Å². The number of sulfonamides is 1. The molecule has 10 heteroatoms. The van der Waals surface area contributed by atoms with Gasteiger partial charge in [0.25, 0.3) is 10.0 Å². The number of nitrogens with zero attached hydrogens (tertiary/aromatic N) is 1. The second-order valence-electron chi connectivity index (χ2n) is 5.79. The lowest BCUT2D eigenvalue weighted by Crippen LogP contribution is -2.23. The van der Waals surface area contributed by atoms with E-state index in [1.807, 2.05) is 0 Å². The Kier molecular flexibility index (Phi) is 5.99. The van der Waals surface area contributed by atoms with Crippen LogP contribution in [0.4, 0.5) is 18.9 Å². The summed E-state index contributed by atoms with van der Waals surface area (Å²) in [4.78, 5) is 12.9. The number of hydrogen-bond acceptors (Lipinski definition) is 4. The highest BCUT2D eigenvalue weighted by molar-refractivity contribution is 7.92. The highest BCUT2D eigenvalue weighted by Crippen LogP contribution is 2.24. The molecule has 2 aromatic carbocycles. The Labute approximate surface area is 154 Å². The molecule has 6 nitrogen and oxygen atoms in total. The maximum atomic E-state index is 12.3. The fraction of sp³-hybridized carbons (Fsp3) is 0.235. The van der Waals surface area contributed by atoms with Crippen molar-refractivity contribution < 1.29 is 31.1 Å². The Morgan fingerprint density at radius 2 is 1.59 bits per heavy atom. The van der Waals surface area contributed by atoms with Crippen LogP contribution in [0, 0.1) is 0 Å². The zero-order valence-electron chi connectivity index (χ0n) is 14.4. The molecule has 0 atom stereocenters. The van der Waals surface area contributed by atoms with Gasteiger partial charge in [-0.05, 0) is 42.0 Å². The number of rotatable bonds is 6. The van der Waals surface area contributed by atoms with E-state index in [2.05, 4.69) is 9.46 Å². The molecule has 0 saturated heterocycles. The van der Waals surface area contributed by atoms with E-state index in [-0.39, 0.29) is 22.9 Å². The zero-order chi connectivity index (χ0) is 20.2. The summed E-state index contributed by atoms with van der Waals surface area (Å²) < 4.78 is 67.1. The fourth-order valence-electron chi connectivity index (χ4n) is 2.06. The van der Waals surface area contributed by atoms with Gasteiger partial charge >= 0.3 is 6.36 Å². The summed E-state index contributed by atoms with van der Waals surface area (Å²) in [5.74, 6) is -0.610. The minimum absolute atomic E-state index is 0.0931. The second kappa shape index (κ2) is 7.87. The van der Waals surface area contributed by atoms with Crippen LogP contribution in [0.1, 0.15) is 5.56 Å². The second-order valence-corrected chi connectivity index (χ2v) is 7.47. The van der Waals surface area contributed by atoms with Crippen LogP contribution < -0.4 is 9.46 Å². The van der Waals surface area contributed by atoms with Gasteiger partial charge in [-0.15, -0.1) is 13.2 Å². The molecule has 0 fully saturated rings. The molecule has 27 heavy (non-hydrogen) atoms. The van der Waals surface area contributed by atoms with Crippen LogP contribution in [0.3, 0.4) is 0 Å². The summed E-state index contributed by atoms with van der Waals surface area (Å²) in [5.41, 5.74) is 0.969. The first-order chi connectivity index (χ1) is 12.5. The maximum absolute atomic E-state index is 12.3. The molecule has 1 N–H and O–H groups in total. The molecule has 2 rings (SSSR count). The third-order valence-electron chi connectivity index (χ3n) is 3.43. The van der Waals surface area contributed by atoms with Gasteiger partial charge in [0.1, 0.15) is 5.75 Å². The van der Waals surface area contributed by atoms with Crippen molar-refractivity contribution in [3.63, 3.8) is 0 Å². The number of benzene rings is 2. The summed E-state index contributed by atoms with van der Waals surface area (Å²) in [6.07, 6.45) is -4.67. The molecular formula is C17H17F3N2O4S. The Balaban J connectivity index is 2.08. The Morgan fingerprint density at radius 1 is 1.04 bits per heavy atom. The molecule has 1 amide bonds. The Morgan fingerprint density at radius 3 is 2.07 bits per heavy atom. The quantitative estimate of drug-likeness (QED) is 0.806. The average Bonchev–Trinajstić information content (AvgIpc) is 2.55. The van der Waals surface area contributed by atoms with Crippen molar-refractivity contribution in [3.8, 4) is 5.75 Å². The van der Waals surface area contributed by atoms with Crippen molar-refractivity contribution in [2.24, 2.45) is 0 Å². The molecule has 0 radical (unpaired) electrons. The molecule has 0 saturated carbocycles. The van der Waals surface area contributed by atoms with E-state index >= 15 is 0 Å². The Hall–Kier alpha value is -2.75. The summed E-state index contributed by atoms with van der Waals surface area (Å²) in [7, 11) is -0.716. The highest BCUT2D eigenvalue weighted by atomic mass is 32.2. The number of halogens is 3. The smallest absolute Gasteiger partial charge is 0.406 e. The summed E-state index contributed by atoms with van der Waals surface area (Å²) in [6.45, 7) is 0. The predicted molar refractivity (Wildman–Crippen MR) is 92.8 cm³/mol. The number of carbonyl (C=O) groups excluding carboxylic acids is 1. The van der Waals surface area contributed by atoms with Crippen molar-refractivity contribution >= 4 is 21.6 Å². The van der Waals surface area contributed by atoms with Crippen LogP contribution in [0.5, 0.6) is 5.75 Å². The van der Waals surface area contributed by atoms with E-state index in [4.69, 9.17) is 0 Å². The van der Waals surface area contributed by atoms with Gasteiger partial charge in [-0.1, -0.05) is 12.1 Å². The van der Waals surface area contributed by atoms with E-state index in [0.29, 0.717) is 5.56 Å². The van der Waals surface area contributed by atoms with Crippen LogP contribution in [-0.2, 0) is 21.2 Å². The average molecular weight is 402 g/mol. The van der Waals surface area contributed by atoms with Gasteiger partial charge in [-0.2, -0.15) is 0 Å². The van der Waals surface area contributed by atoms with E-state index in [9.17, 15) is 26.4 Å². The number of amides is 1. The van der Waals surface area contributed by atoms with Crippen LogP contribution in [0.25, 0.3) is 0 Å². The molecule has 0 aliphatic carbocycles. The fourth-order valence-corrected chi connectivity index (χ4v) is 3.12. The van der Waals surface area contributed by atoms with Crippen molar-refractivity contribution in [2.75, 3.05) is 18.8 Å². The lowest BCUT2D eigenvalue weighted by Gasteiger charge is -2.12. The zero-order valence-corrected chi connectivity index (χ0v) is 15.3. The number of hydrogen-bond donors (Lipinski definition) is 1.